The summed E-state index contributed by atoms with van der Waals surface area (Å²) in [5, 5.41) is 0.623. The number of nitrogens with zero attached hydrogens (tertiary/aromatic N) is 3. The fourth-order valence-electron chi connectivity index (χ4n) is 0.730. The molecule has 4 nitrogen and oxygen atoms in total. The minimum atomic E-state index is -0.719. The second-order valence-corrected chi connectivity index (χ2v) is 3.79. The molecule has 6 heteroatoms. The van der Waals surface area contributed by atoms with Crippen LogP contribution in [-0.4, -0.2) is 16.2 Å². The van der Waals surface area contributed by atoms with E-state index < -0.39 is 6.17 Å². The van der Waals surface area contributed by atoms with E-state index in [-0.39, 0.29) is 0 Å². The van der Waals surface area contributed by atoms with Crippen LogP contribution in [0.5, 0.6) is 0 Å². The van der Waals surface area contributed by atoms with Crippen molar-refractivity contribution in [2.45, 2.75) is 11.3 Å². The lowest BCUT2D eigenvalue weighted by Crippen LogP contribution is -2.09. The van der Waals surface area contributed by atoms with E-state index in [1.165, 1.54) is 11.8 Å². The zero-order valence-electron chi connectivity index (χ0n) is 6.86. The lowest BCUT2D eigenvalue weighted by Gasteiger charge is -2.02. The van der Waals surface area contributed by atoms with Crippen LogP contribution in [0, 0.1) is 6.57 Å². The average molecular weight is 259 g/mol. The molecule has 0 spiro atoms. The third-order valence-electron chi connectivity index (χ3n) is 1.35. The number of aromatic nitrogens is 2. The molecule has 1 unspecified atom stereocenters. The van der Waals surface area contributed by atoms with Gasteiger partial charge in [-0.25, -0.2) is 16.5 Å². The summed E-state index contributed by atoms with van der Waals surface area (Å²) in [6.45, 7) is 6.78. The van der Waals surface area contributed by atoms with Crippen molar-refractivity contribution in [1.29, 1.82) is 0 Å². The molecule has 0 aromatic carbocycles. The average Bonchev–Trinajstić information content (AvgIpc) is 2.17. The molecule has 1 aromatic rings. The molecule has 0 aliphatic carbocycles. The van der Waals surface area contributed by atoms with Crippen LogP contribution in [0.15, 0.2) is 15.8 Å². The summed E-state index contributed by atoms with van der Waals surface area (Å²) in [5.74, 6) is 0. The van der Waals surface area contributed by atoms with Gasteiger partial charge in [-0.2, -0.15) is 0 Å². The fraction of sp³-hybridized carbons (Fsp3) is 0.286. The molecular formula is C7H7BrN4S. The Morgan fingerprint density at radius 1 is 1.77 bits per heavy atom. The van der Waals surface area contributed by atoms with Gasteiger partial charge in [0.25, 0.3) is 0 Å². The maximum Gasteiger partial charge on any atom is 0.318 e. The summed E-state index contributed by atoms with van der Waals surface area (Å²) < 4.78 is 0.675. The summed E-state index contributed by atoms with van der Waals surface area (Å²) >= 11 is 4.66. The molecule has 0 aliphatic rings. The quantitative estimate of drug-likeness (QED) is 0.500. The minimum Gasteiger partial charge on any atom is -0.289 e. The summed E-state index contributed by atoms with van der Waals surface area (Å²) in [7, 11) is 0. The van der Waals surface area contributed by atoms with Crippen molar-refractivity contribution in [3.05, 3.63) is 27.8 Å². The highest BCUT2D eigenvalue weighted by Crippen LogP contribution is 2.22. The Bertz CT molecular complexity index is 349. The van der Waals surface area contributed by atoms with E-state index in [0.717, 1.165) is 0 Å². The largest absolute Gasteiger partial charge is 0.318 e. The van der Waals surface area contributed by atoms with Gasteiger partial charge in [0.1, 0.15) is 0 Å². The van der Waals surface area contributed by atoms with Crippen molar-refractivity contribution in [3.8, 4) is 0 Å². The standard InChI is InChI=1S/C7H7BrN4S/c1-10-6(9)5-4(8)3-11-7(12-5)13-2/h3,6H,9H2,2H3. The molecule has 0 radical (unpaired) electrons. The van der Waals surface area contributed by atoms with Crippen LogP contribution in [0.25, 0.3) is 4.85 Å². The van der Waals surface area contributed by atoms with Gasteiger partial charge >= 0.3 is 6.17 Å². The van der Waals surface area contributed by atoms with Crippen LogP contribution in [0.1, 0.15) is 11.9 Å². The topological polar surface area (TPSA) is 56.2 Å². The SMILES string of the molecule is [C-]#[N+]C(N)c1nc(SC)ncc1Br. The number of halogens is 1. The van der Waals surface area contributed by atoms with Crippen LogP contribution in [0.2, 0.25) is 0 Å². The second kappa shape index (κ2) is 4.56. The molecule has 1 heterocycles. The molecule has 0 amide bonds. The number of hydrogen-bond donors (Lipinski definition) is 1. The summed E-state index contributed by atoms with van der Waals surface area (Å²) in [6.07, 6.45) is 2.76. The van der Waals surface area contributed by atoms with E-state index in [1.54, 1.807) is 6.20 Å². The van der Waals surface area contributed by atoms with Gasteiger partial charge < -0.3 is 0 Å². The monoisotopic (exact) mass is 258 g/mol. The van der Waals surface area contributed by atoms with Crippen LogP contribution in [-0.2, 0) is 0 Å². The van der Waals surface area contributed by atoms with Crippen molar-refractivity contribution < 1.29 is 0 Å². The molecule has 1 aromatic heterocycles. The van der Waals surface area contributed by atoms with E-state index >= 15 is 0 Å². The van der Waals surface area contributed by atoms with Gasteiger partial charge in [0.05, 0.1) is 4.47 Å². The van der Waals surface area contributed by atoms with Crippen molar-refractivity contribution >= 4 is 27.7 Å². The predicted octanol–water partition coefficient (Wildman–Crippen LogP) is 1.84. The zero-order chi connectivity index (χ0) is 9.84. The summed E-state index contributed by atoms with van der Waals surface area (Å²) in [4.78, 5) is 11.3. The molecule has 0 bridgehead atoms. The van der Waals surface area contributed by atoms with Crippen molar-refractivity contribution in [1.82, 2.24) is 9.97 Å². The Morgan fingerprint density at radius 2 is 2.46 bits per heavy atom. The fourth-order valence-corrected chi connectivity index (χ4v) is 1.50. The molecule has 13 heavy (non-hydrogen) atoms. The normalized spacial score (nSPS) is 12.2. The molecule has 1 rings (SSSR count). The number of nitrogens with two attached hydrogens (primary N) is 1. The van der Waals surface area contributed by atoms with Crippen LogP contribution in [0.4, 0.5) is 0 Å². The Morgan fingerprint density at radius 3 is 3.00 bits per heavy atom. The maximum atomic E-state index is 6.78. The molecule has 2 N–H and O–H groups in total. The van der Waals surface area contributed by atoms with Crippen LogP contribution < -0.4 is 5.73 Å². The Kier molecular flexibility index (Phi) is 3.66. The first-order valence-electron chi connectivity index (χ1n) is 3.37. The second-order valence-electron chi connectivity index (χ2n) is 2.16. The smallest absolute Gasteiger partial charge is 0.289 e. The third-order valence-corrected chi connectivity index (χ3v) is 2.52. The van der Waals surface area contributed by atoms with Gasteiger partial charge in [0.2, 0.25) is 0 Å². The summed E-state index contributed by atoms with van der Waals surface area (Å²) in [5.41, 5.74) is 6.07. The lowest BCUT2D eigenvalue weighted by atomic mass is 10.3. The van der Waals surface area contributed by atoms with E-state index in [4.69, 9.17) is 12.3 Å². The first-order valence-corrected chi connectivity index (χ1v) is 5.39. The highest BCUT2D eigenvalue weighted by atomic mass is 79.9. The van der Waals surface area contributed by atoms with Crippen molar-refractivity contribution in [3.63, 3.8) is 0 Å². The minimum absolute atomic E-state index is 0.536. The maximum absolute atomic E-state index is 6.78. The molecule has 68 valence electrons. The summed E-state index contributed by atoms with van der Waals surface area (Å²) in [6, 6.07) is 0. The number of thioether (sulfide) groups is 1. The zero-order valence-corrected chi connectivity index (χ0v) is 9.26. The van der Waals surface area contributed by atoms with Crippen molar-refractivity contribution in [2.75, 3.05) is 6.26 Å². The van der Waals surface area contributed by atoms with Gasteiger partial charge in [-0.1, -0.05) is 11.8 Å². The van der Waals surface area contributed by atoms with Crippen LogP contribution in [0.3, 0.4) is 0 Å². The molecule has 0 saturated heterocycles. The van der Waals surface area contributed by atoms with Gasteiger partial charge in [-0.3, -0.25) is 10.6 Å². The van der Waals surface area contributed by atoms with E-state index in [2.05, 4.69) is 30.7 Å². The first kappa shape index (κ1) is 10.4. The van der Waals surface area contributed by atoms with Gasteiger partial charge in [-0.15, -0.1) is 0 Å². The highest BCUT2D eigenvalue weighted by molar-refractivity contribution is 9.10. The van der Waals surface area contributed by atoms with Gasteiger partial charge in [0, 0.05) is 6.20 Å². The molecular weight excluding hydrogens is 252 g/mol. The Hall–Kier alpha value is -0.640. The molecule has 0 fully saturated rings. The molecule has 1 atom stereocenters. The lowest BCUT2D eigenvalue weighted by molar-refractivity contribution is 0.794. The van der Waals surface area contributed by atoms with Crippen LogP contribution >= 0.6 is 27.7 Å². The first-order chi connectivity index (χ1) is 6.19. The molecule has 0 saturated carbocycles. The Labute approximate surface area is 88.9 Å². The number of rotatable bonds is 2. The number of hydrogen-bond acceptors (Lipinski definition) is 4. The highest BCUT2D eigenvalue weighted by Gasteiger charge is 2.16. The van der Waals surface area contributed by atoms with Gasteiger partial charge in [0.15, 0.2) is 10.9 Å². The van der Waals surface area contributed by atoms with E-state index in [9.17, 15) is 0 Å². The Balaban J connectivity index is 3.12. The molecule has 0 aliphatic heterocycles. The van der Waals surface area contributed by atoms with Gasteiger partial charge in [-0.05, 0) is 22.2 Å². The van der Waals surface area contributed by atoms with E-state index in [0.29, 0.717) is 15.3 Å². The van der Waals surface area contributed by atoms with E-state index in [1.807, 2.05) is 6.26 Å². The predicted molar refractivity (Wildman–Crippen MR) is 55.0 cm³/mol. The third kappa shape index (κ3) is 2.40. The van der Waals surface area contributed by atoms with Crippen molar-refractivity contribution in [2.24, 2.45) is 5.73 Å².